The molecule has 0 saturated heterocycles. The Balaban J connectivity index is 2.01. The Morgan fingerprint density at radius 2 is 2.24 bits per heavy atom. The first-order chi connectivity index (χ1) is 8.16. The van der Waals surface area contributed by atoms with Crippen molar-refractivity contribution in [1.29, 1.82) is 0 Å². The minimum Gasteiger partial charge on any atom is -0.333 e. The van der Waals surface area contributed by atoms with Gasteiger partial charge in [-0.15, -0.1) is 0 Å². The van der Waals surface area contributed by atoms with E-state index in [4.69, 9.17) is 0 Å². The van der Waals surface area contributed by atoms with E-state index < -0.39 is 17.7 Å². The van der Waals surface area contributed by atoms with Crippen LogP contribution in [-0.4, -0.2) is 15.6 Å². The molecule has 0 saturated carbocycles. The van der Waals surface area contributed by atoms with Gasteiger partial charge in [0, 0.05) is 30.6 Å². The van der Waals surface area contributed by atoms with E-state index in [1.165, 1.54) is 29.4 Å². The summed E-state index contributed by atoms with van der Waals surface area (Å²) in [5.74, 6) is -1.33. The summed E-state index contributed by atoms with van der Waals surface area (Å²) in [5, 5.41) is 2.48. The number of nitrogens with one attached hydrogen (secondary N) is 1. The maximum atomic E-state index is 13.2. The van der Waals surface area contributed by atoms with E-state index in [9.17, 15) is 13.6 Å². The molecule has 0 unspecified atom stereocenters. The highest BCUT2D eigenvalue weighted by Crippen LogP contribution is 2.08. The Kier molecular flexibility index (Phi) is 3.13. The number of benzene rings is 1. The van der Waals surface area contributed by atoms with Gasteiger partial charge in [-0.1, -0.05) is 6.07 Å². The SMILES string of the molecule is O=C(NCc1ccc(F)cc1F)n1ccnc1. The highest BCUT2D eigenvalue weighted by Gasteiger charge is 2.06. The first-order valence-electron chi connectivity index (χ1n) is 4.87. The number of nitrogens with zero attached hydrogens (tertiary/aromatic N) is 2. The van der Waals surface area contributed by atoms with Crippen LogP contribution in [0.1, 0.15) is 5.56 Å². The van der Waals surface area contributed by atoms with Crippen LogP contribution in [0.5, 0.6) is 0 Å². The second-order valence-electron chi connectivity index (χ2n) is 3.36. The fourth-order valence-electron chi connectivity index (χ4n) is 1.31. The fraction of sp³-hybridized carbons (Fsp3) is 0.0909. The molecule has 0 bridgehead atoms. The molecule has 2 rings (SSSR count). The fourth-order valence-corrected chi connectivity index (χ4v) is 1.31. The first-order valence-corrected chi connectivity index (χ1v) is 4.87. The van der Waals surface area contributed by atoms with Crippen LogP contribution in [0.25, 0.3) is 0 Å². The summed E-state index contributed by atoms with van der Waals surface area (Å²) in [5.41, 5.74) is 0.222. The Morgan fingerprint density at radius 1 is 1.41 bits per heavy atom. The van der Waals surface area contributed by atoms with E-state index in [2.05, 4.69) is 10.3 Å². The van der Waals surface area contributed by atoms with Gasteiger partial charge in [-0.2, -0.15) is 0 Å². The third-order valence-electron chi connectivity index (χ3n) is 2.18. The van der Waals surface area contributed by atoms with Crippen LogP contribution in [0.2, 0.25) is 0 Å². The predicted octanol–water partition coefficient (Wildman–Crippen LogP) is 1.92. The Hall–Kier alpha value is -2.24. The summed E-state index contributed by atoms with van der Waals surface area (Å²) in [6.45, 7) is -0.0108. The Bertz CT molecular complexity index is 526. The highest BCUT2D eigenvalue weighted by atomic mass is 19.1. The highest BCUT2D eigenvalue weighted by molar-refractivity contribution is 5.76. The van der Waals surface area contributed by atoms with Crippen molar-refractivity contribution in [2.75, 3.05) is 0 Å². The van der Waals surface area contributed by atoms with E-state index in [0.717, 1.165) is 12.1 Å². The number of rotatable bonds is 2. The van der Waals surface area contributed by atoms with Gasteiger partial charge in [0.15, 0.2) is 0 Å². The second kappa shape index (κ2) is 4.73. The summed E-state index contributed by atoms with van der Waals surface area (Å²) in [6.07, 6.45) is 4.25. The normalized spacial score (nSPS) is 10.2. The van der Waals surface area contributed by atoms with Gasteiger partial charge in [0.1, 0.15) is 18.0 Å². The number of amides is 1. The van der Waals surface area contributed by atoms with E-state index in [1.807, 2.05) is 0 Å². The van der Waals surface area contributed by atoms with Crippen molar-refractivity contribution in [3.8, 4) is 0 Å². The molecule has 4 nitrogen and oxygen atoms in total. The van der Waals surface area contributed by atoms with E-state index in [-0.39, 0.29) is 12.1 Å². The van der Waals surface area contributed by atoms with Crippen molar-refractivity contribution in [1.82, 2.24) is 14.9 Å². The van der Waals surface area contributed by atoms with E-state index in [0.29, 0.717) is 0 Å². The molecule has 17 heavy (non-hydrogen) atoms. The van der Waals surface area contributed by atoms with Crippen LogP contribution < -0.4 is 5.32 Å². The summed E-state index contributed by atoms with van der Waals surface area (Å²) in [7, 11) is 0. The maximum Gasteiger partial charge on any atom is 0.327 e. The molecule has 0 spiro atoms. The molecular formula is C11H9F2N3O. The van der Waals surface area contributed by atoms with Gasteiger partial charge in [0.25, 0.3) is 0 Å². The Labute approximate surface area is 95.9 Å². The van der Waals surface area contributed by atoms with Crippen molar-refractivity contribution < 1.29 is 13.6 Å². The van der Waals surface area contributed by atoms with Gasteiger partial charge in [-0.25, -0.2) is 18.6 Å². The number of hydrogen-bond donors (Lipinski definition) is 1. The monoisotopic (exact) mass is 237 g/mol. The van der Waals surface area contributed by atoms with Gasteiger partial charge >= 0.3 is 6.03 Å². The van der Waals surface area contributed by atoms with Crippen LogP contribution in [0, 0.1) is 11.6 Å². The van der Waals surface area contributed by atoms with E-state index >= 15 is 0 Å². The zero-order valence-corrected chi connectivity index (χ0v) is 8.73. The molecule has 88 valence electrons. The van der Waals surface area contributed by atoms with Crippen LogP contribution in [-0.2, 0) is 6.54 Å². The topological polar surface area (TPSA) is 46.9 Å². The van der Waals surface area contributed by atoms with Crippen LogP contribution >= 0.6 is 0 Å². The van der Waals surface area contributed by atoms with Crippen molar-refractivity contribution in [3.05, 3.63) is 54.1 Å². The summed E-state index contributed by atoms with van der Waals surface area (Å²) in [6, 6.07) is 2.78. The number of imidazole rings is 1. The van der Waals surface area contributed by atoms with Crippen molar-refractivity contribution in [2.45, 2.75) is 6.54 Å². The molecule has 0 fully saturated rings. The van der Waals surface area contributed by atoms with Crippen LogP contribution in [0.15, 0.2) is 36.9 Å². The molecule has 1 amide bonds. The summed E-state index contributed by atoms with van der Waals surface area (Å²) in [4.78, 5) is 15.2. The van der Waals surface area contributed by atoms with Crippen LogP contribution in [0.4, 0.5) is 13.6 Å². The lowest BCUT2D eigenvalue weighted by Crippen LogP contribution is -2.27. The van der Waals surface area contributed by atoms with E-state index in [1.54, 1.807) is 0 Å². The van der Waals surface area contributed by atoms with Crippen molar-refractivity contribution >= 4 is 6.03 Å². The third kappa shape index (κ3) is 2.66. The van der Waals surface area contributed by atoms with Gasteiger partial charge in [-0.05, 0) is 6.07 Å². The molecule has 1 aromatic heterocycles. The molecule has 0 aliphatic rings. The first kappa shape index (κ1) is 11.3. The molecule has 1 heterocycles. The molecule has 1 N–H and O–H groups in total. The van der Waals surface area contributed by atoms with Crippen LogP contribution in [0.3, 0.4) is 0 Å². The minimum absolute atomic E-state index is 0.0108. The molecule has 6 heteroatoms. The second-order valence-corrected chi connectivity index (χ2v) is 3.36. The zero-order chi connectivity index (χ0) is 12.3. The Morgan fingerprint density at radius 3 is 2.88 bits per heavy atom. The molecule has 0 aliphatic carbocycles. The van der Waals surface area contributed by atoms with Gasteiger partial charge < -0.3 is 5.32 Å². The predicted molar refractivity (Wildman–Crippen MR) is 56.2 cm³/mol. The average molecular weight is 237 g/mol. The number of carbonyl (C=O) groups is 1. The lowest BCUT2D eigenvalue weighted by molar-refractivity contribution is 0.242. The number of hydrogen-bond acceptors (Lipinski definition) is 2. The van der Waals surface area contributed by atoms with Gasteiger partial charge in [-0.3, -0.25) is 4.57 Å². The molecule has 0 aliphatic heterocycles. The summed E-state index contributed by atoms with van der Waals surface area (Å²) < 4.78 is 27.1. The van der Waals surface area contributed by atoms with Gasteiger partial charge in [0.05, 0.1) is 0 Å². The largest absolute Gasteiger partial charge is 0.333 e. The number of halogens is 2. The lowest BCUT2D eigenvalue weighted by Gasteiger charge is -2.06. The molecule has 2 aromatic rings. The summed E-state index contributed by atoms with van der Waals surface area (Å²) >= 11 is 0. The standard InChI is InChI=1S/C11H9F2N3O/c12-9-2-1-8(10(13)5-9)6-15-11(17)16-4-3-14-7-16/h1-5,7H,6H2,(H,15,17). The minimum atomic E-state index is -0.684. The molecule has 0 atom stereocenters. The third-order valence-corrected chi connectivity index (χ3v) is 2.18. The van der Waals surface area contributed by atoms with Gasteiger partial charge in [0.2, 0.25) is 0 Å². The quantitative estimate of drug-likeness (QED) is 0.867. The molecular weight excluding hydrogens is 228 g/mol. The number of aromatic nitrogens is 2. The smallest absolute Gasteiger partial charge is 0.327 e. The zero-order valence-electron chi connectivity index (χ0n) is 8.73. The maximum absolute atomic E-state index is 13.2. The van der Waals surface area contributed by atoms with Crippen molar-refractivity contribution in [3.63, 3.8) is 0 Å². The van der Waals surface area contributed by atoms with Crippen molar-refractivity contribution in [2.24, 2.45) is 0 Å². The lowest BCUT2D eigenvalue weighted by atomic mass is 10.2. The molecule has 1 aromatic carbocycles. The number of carbonyl (C=O) groups excluding carboxylic acids is 1. The average Bonchev–Trinajstić information content (AvgIpc) is 2.81. The molecule has 0 radical (unpaired) electrons.